The Bertz CT molecular complexity index is 1130. The van der Waals surface area contributed by atoms with E-state index in [-0.39, 0.29) is 0 Å². The van der Waals surface area contributed by atoms with E-state index in [1.54, 1.807) is 36.4 Å². The van der Waals surface area contributed by atoms with Crippen molar-refractivity contribution in [1.82, 2.24) is 0 Å². The van der Waals surface area contributed by atoms with Crippen LogP contribution in [0.1, 0.15) is 12.8 Å². The molecule has 0 radical (unpaired) electrons. The molecule has 6 nitrogen and oxygen atoms in total. The zero-order valence-corrected chi connectivity index (χ0v) is 14.8. The minimum absolute atomic E-state index is 0.355. The van der Waals surface area contributed by atoms with E-state index in [2.05, 4.69) is 10.2 Å². The van der Waals surface area contributed by atoms with Gasteiger partial charge in [-0.1, -0.05) is 30.3 Å². The van der Waals surface area contributed by atoms with E-state index in [0.29, 0.717) is 35.7 Å². The van der Waals surface area contributed by atoms with Gasteiger partial charge in [-0.2, -0.15) is 0 Å². The van der Waals surface area contributed by atoms with Crippen molar-refractivity contribution in [2.75, 3.05) is 5.32 Å². The number of ether oxygens (including phenoxy) is 1. The zero-order valence-electron chi connectivity index (χ0n) is 14.8. The molecule has 2 N–H and O–H groups in total. The SMILES string of the molecule is [C-]#[N+]c1ccc(Oc2ccc3cccc(NC(=O)C4(C(=O)O)CC4)c3c2)cc1. The topological polar surface area (TPSA) is 80.0 Å². The van der Waals surface area contributed by atoms with Crippen LogP contribution in [0.5, 0.6) is 11.5 Å². The third-order valence-electron chi connectivity index (χ3n) is 4.90. The fourth-order valence-electron chi connectivity index (χ4n) is 3.05. The first kappa shape index (κ1) is 17.6. The molecule has 1 fully saturated rings. The van der Waals surface area contributed by atoms with Gasteiger partial charge in [-0.15, -0.1) is 0 Å². The van der Waals surface area contributed by atoms with Gasteiger partial charge in [-0.3, -0.25) is 9.59 Å². The van der Waals surface area contributed by atoms with Crippen molar-refractivity contribution in [3.05, 3.63) is 72.1 Å². The molecule has 1 saturated carbocycles. The molecular weight excluding hydrogens is 356 g/mol. The standard InChI is InChI=1S/C22H16N2O4/c1-23-15-6-9-16(10-7-15)28-17-8-5-14-3-2-4-19(18(14)13-17)24-20(25)22(11-12-22)21(26)27/h2-10,13H,11-12H2,(H,24,25)(H,26,27). The minimum Gasteiger partial charge on any atom is -0.480 e. The molecule has 0 bridgehead atoms. The Kier molecular flexibility index (Phi) is 4.21. The number of carbonyl (C=O) groups excluding carboxylic acids is 1. The lowest BCUT2D eigenvalue weighted by Crippen LogP contribution is -2.31. The molecule has 1 aliphatic carbocycles. The first-order chi connectivity index (χ1) is 13.5. The molecule has 4 rings (SSSR count). The number of rotatable bonds is 5. The number of anilines is 1. The molecule has 0 heterocycles. The highest BCUT2D eigenvalue weighted by Gasteiger charge is 2.57. The molecule has 0 aliphatic heterocycles. The summed E-state index contributed by atoms with van der Waals surface area (Å²) in [6, 6.07) is 17.7. The average Bonchev–Trinajstić information content (AvgIpc) is 3.51. The summed E-state index contributed by atoms with van der Waals surface area (Å²) in [7, 11) is 0. The van der Waals surface area contributed by atoms with E-state index in [1.807, 2.05) is 24.3 Å². The van der Waals surface area contributed by atoms with Gasteiger partial charge in [0.15, 0.2) is 5.69 Å². The van der Waals surface area contributed by atoms with Crippen LogP contribution in [0.4, 0.5) is 11.4 Å². The molecule has 138 valence electrons. The van der Waals surface area contributed by atoms with Crippen molar-refractivity contribution in [1.29, 1.82) is 0 Å². The van der Waals surface area contributed by atoms with Gasteiger partial charge in [0.2, 0.25) is 5.91 Å². The van der Waals surface area contributed by atoms with Crippen LogP contribution in [0.3, 0.4) is 0 Å². The Hall–Kier alpha value is -3.85. The summed E-state index contributed by atoms with van der Waals surface area (Å²) in [5.74, 6) is -0.411. The number of fused-ring (bicyclic) bond motifs is 1. The third-order valence-corrected chi connectivity index (χ3v) is 4.90. The number of aliphatic carboxylic acids is 1. The van der Waals surface area contributed by atoms with E-state index in [0.717, 1.165) is 10.8 Å². The molecule has 0 atom stereocenters. The number of carboxylic acids is 1. The van der Waals surface area contributed by atoms with Crippen LogP contribution >= 0.6 is 0 Å². The van der Waals surface area contributed by atoms with Crippen LogP contribution in [0, 0.1) is 12.0 Å². The van der Waals surface area contributed by atoms with Gasteiger partial charge < -0.3 is 15.2 Å². The molecule has 0 aromatic heterocycles. The quantitative estimate of drug-likeness (QED) is 0.489. The number of nitrogens with zero attached hydrogens (tertiary/aromatic N) is 1. The summed E-state index contributed by atoms with van der Waals surface area (Å²) in [5.41, 5.74) is -0.229. The smallest absolute Gasteiger partial charge is 0.319 e. The second-order valence-electron chi connectivity index (χ2n) is 6.74. The Morgan fingerprint density at radius 3 is 2.39 bits per heavy atom. The predicted molar refractivity (Wildman–Crippen MR) is 105 cm³/mol. The number of hydrogen-bond donors (Lipinski definition) is 2. The zero-order chi connectivity index (χ0) is 19.7. The molecule has 0 saturated heterocycles. The van der Waals surface area contributed by atoms with E-state index in [1.165, 1.54) is 0 Å². The molecule has 0 unspecified atom stereocenters. The van der Waals surface area contributed by atoms with Crippen molar-refractivity contribution in [3.8, 4) is 11.5 Å². The van der Waals surface area contributed by atoms with Crippen molar-refractivity contribution >= 4 is 34.0 Å². The van der Waals surface area contributed by atoms with Crippen molar-refractivity contribution in [3.63, 3.8) is 0 Å². The summed E-state index contributed by atoms with van der Waals surface area (Å²) in [5, 5.41) is 13.7. The molecule has 6 heteroatoms. The predicted octanol–water partition coefficient (Wildman–Crippen LogP) is 4.99. The van der Waals surface area contributed by atoms with E-state index < -0.39 is 17.3 Å². The van der Waals surface area contributed by atoms with Gasteiger partial charge in [0.1, 0.15) is 16.9 Å². The van der Waals surface area contributed by atoms with E-state index in [4.69, 9.17) is 11.3 Å². The first-order valence-corrected chi connectivity index (χ1v) is 8.75. The Labute approximate surface area is 161 Å². The summed E-state index contributed by atoms with van der Waals surface area (Å²) in [4.78, 5) is 27.2. The molecule has 0 spiro atoms. The Morgan fingerprint density at radius 1 is 1.04 bits per heavy atom. The number of nitrogens with one attached hydrogen (secondary N) is 1. The van der Waals surface area contributed by atoms with Crippen LogP contribution in [-0.2, 0) is 9.59 Å². The molecule has 3 aromatic rings. The van der Waals surface area contributed by atoms with Crippen LogP contribution in [0.2, 0.25) is 0 Å². The molecule has 1 amide bonds. The second-order valence-corrected chi connectivity index (χ2v) is 6.74. The maximum atomic E-state index is 12.5. The Morgan fingerprint density at radius 2 is 1.75 bits per heavy atom. The van der Waals surface area contributed by atoms with E-state index in [9.17, 15) is 14.7 Å². The summed E-state index contributed by atoms with van der Waals surface area (Å²) in [6.07, 6.45) is 0.710. The van der Waals surface area contributed by atoms with Gasteiger partial charge in [0, 0.05) is 11.1 Å². The van der Waals surface area contributed by atoms with Crippen LogP contribution in [0.25, 0.3) is 15.6 Å². The van der Waals surface area contributed by atoms with Gasteiger partial charge in [0.05, 0.1) is 6.57 Å². The largest absolute Gasteiger partial charge is 0.480 e. The van der Waals surface area contributed by atoms with Crippen molar-refractivity contribution in [2.45, 2.75) is 12.8 Å². The highest BCUT2D eigenvalue weighted by Crippen LogP contribution is 2.47. The van der Waals surface area contributed by atoms with Crippen LogP contribution < -0.4 is 10.1 Å². The Balaban J connectivity index is 1.63. The number of carbonyl (C=O) groups is 2. The molecular formula is C22H16N2O4. The van der Waals surface area contributed by atoms with E-state index >= 15 is 0 Å². The maximum Gasteiger partial charge on any atom is 0.319 e. The minimum atomic E-state index is -1.30. The lowest BCUT2D eigenvalue weighted by molar-refractivity contribution is -0.147. The molecule has 1 aliphatic rings. The van der Waals surface area contributed by atoms with Gasteiger partial charge in [0.25, 0.3) is 0 Å². The fraction of sp³-hybridized carbons (Fsp3) is 0.136. The van der Waals surface area contributed by atoms with Crippen molar-refractivity contribution < 1.29 is 19.4 Å². The lowest BCUT2D eigenvalue weighted by atomic mass is 10.0. The molecule has 3 aromatic carbocycles. The second kappa shape index (κ2) is 6.71. The maximum absolute atomic E-state index is 12.5. The van der Waals surface area contributed by atoms with Gasteiger partial charge in [-0.05, 0) is 48.6 Å². The fourth-order valence-corrected chi connectivity index (χ4v) is 3.05. The lowest BCUT2D eigenvalue weighted by Gasteiger charge is -2.14. The number of amides is 1. The molecule has 28 heavy (non-hydrogen) atoms. The van der Waals surface area contributed by atoms with Gasteiger partial charge >= 0.3 is 5.97 Å². The third kappa shape index (κ3) is 3.14. The summed E-state index contributed by atoms with van der Waals surface area (Å²) >= 11 is 0. The summed E-state index contributed by atoms with van der Waals surface area (Å²) in [6.45, 7) is 6.99. The van der Waals surface area contributed by atoms with Gasteiger partial charge in [-0.25, -0.2) is 4.85 Å². The highest BCUT2D eigenvalue weighted by atomic mass is 16.5. The number of carboxylic acid groups (broad SMARTS) is 1. The monoisotopic (exact) mass is 372 g/mol. The summed E-state index contributed by atoms with van der Waals surface area (Å²) < 4.78 is 5.85. The van der Waals surface area contributed by atoms with Crippen molar-refractivity contribution in [2.24, 2.45) is 5.41 Å². The normalized spacial score (nSPS) is 14.1. The first-order valence-electron chi connectivity index (χ1n) is 8.75. The van der Waals surface area contributed by atoms with Crippen LogP contribution in [0.15, 0.2) is 60.7 Å². The number of benzene rings is 3. The number of hydrogen-bond acceptors (Lipinski definition) is 3. The highest BCUT2D eigenvalue weighted by molar-refractivity contribution is 6.13. The average molecular weight is 372 g/mol. The van der Waals surface area contributed by atoms with Crippen LogP contribution in [-0.4, -0.2) is 17.0 Å².